The lowest BCUT2D eigenvalue weighted by Gasteiger charge is -2.12. The number of hydrogen-bond donors (Lipinski definition) is 0. The third kappa shape index (κ3) is 3.48. The van der Waals surface area contributed by atoms with Crippen molar-refractivity contribution in [3.05, 3.63) is 33.9 Å². The molecule has 0 saturated heterocycles. The summed E-state index contributed by atoms with van der Waals surface area (Å²) in [4.78, 5) is 10.1. The Bertz CT molecular complexity index is 381. The van der Waals surface area contributed by atoms with Gasteiger partial charge in [-0.05, 0) is 24.5 Å². The number of hydrogen-bond acceptors (Lipinski definition) is 3. The van der Waals surface area contributed by atoms with Crippen LogP contribution < -0.4 is 4.74 Å². The molecule has 1 aromatic carbocycles. The van der Waals surface area contributed by atoms with E-state index in [2.05, 4.69) is 22.9 Å². The molecule has 0 bridgehead atoms. The summed E-state index contributed by atoms with van der Waals surface area (Å²) in [7, 11) is 0. The van der Waals surface area contributed by atoms with E-state index in [1.165, 1.54) is 12.1 Å². The molecular weight excluding hydrogens is 274 g/mol. The van der Waals surface area contributed by atoms with Crippen LogP contribution in [0, 0.1) is 23.0 Å². The summed E-state index contributed by atoms with van der Waals surface area (Å²) >= 11 is 3.37. The number of nitrogens with zero attached hydrogens (tertiary/aromatic N) is 1. The topological polar surface area (TPSA) is 52.4 Å². The SMILES string of the molecule is Cc1cc([N+](=O)[O-])ccc1OCC(C)CBr. The van der Waals surface area contributed by atoms with Crippen LogP contribution in [-0.4, -0.2) is 16.9 Å². The zero-order valence-corrected chi connectivity index (χ0v) is 10.9. The van der Waals surface area contributed by atoms with Gasteiger partial charge in [0.2, 0.25) is 0 Å². The molecule has 0 radical (unpaired) electrons. The number of nitro benzene ring substituents is 1. The fourth-order valence-electron chi connectivity index (χ4n) is 1.19. The zero-order chi connectivity index (χ0) is 12.1. The van der Waals surface area contributed by atoms with Gasteiger partial charge in [0, 0.05) is 17.5 Å². The first kappa shape index (κ1) is 13.0. The number of non-ortho nitro benzene ring substituents is 1. The summed E-state index contributed by atoms with van der Waals surface area (Å²) in [6.45, 7) is 4.47. The molecule has 1 aromatic rings. The molecule has 5 heteroatoms. The predicted molar refractivity (Wildman–Crippen MR) is 66.3 cm³/mol. The molecule has 0 aliphatic carbocycles. The van der Waals surface area contributed by atoms with E-state index in [9.17, 15) is 10.1 Å². The lowest BCUT2D eigenvalue weighted by molar-refractivity contribution is -0.384. The van der Waals surface area contributed by atoms with Crippen LogP contribution >= 0.6 is 15.9 Å². The third-order valence-corrected chi connectivity index (χ3v) is 3.26. The van der Waals surface area contributed by atoms with Crippen LogP contribution in [0.15, 0.2) is 18.2 Å². The maximum atomic E-state index is 10.5. The summed E-state index contributed by atoms with van der Waals surface area (Å²) in [5.41, 5.74) is 0.884. The quantitative estimate of drug-likeness (QED) is 0.474. The molecule has 0 aliphatic heterocycles. The largest absolute Gasteiger partial charge is 0.493 e. The summed E-state index contributed by atoms with van der Waals surface area (Å²) in [5.74, 6) is 1.12. The van der Waals surface area contributed by atoms with Gasteiger partial charge in [-0.25, -0.2) is 0 Å². The van der Waals surface area contributed by atoms with Crippen molar-refractivity contribution in [3.63, 3.8) is 0 Å². The summed E-state index contributed by atoms with van der Waals surface area (Å²) in [6, 6.07) is 4.63. The first-order chi connectivity index (χ1) is 7.54. The van der Waals surface area contributed by atoms with E-state index >= 15 is 0 Å². The highest BCUT2D eigenvalue weighted by atomic mass is 79.9. The second kappa shape index (κ2) is 5.84. The van der Waals surface area contributed by atoms with E-state index in [1.54, 1.807) is 13.0 Å². The maximum Gasteiger partial charge on any atom is 0.269 e. The molecule has 88 valence electrons. The first-order valence-electron chi connectivity index (χ1n) is 4.98. The van der Waals surface area contributed by atoms with Gasteiger partial charge in [-0.2, -0.15) is 0 Å². The van der Waals surface area contributed by atoms with Crippen molar-refractivity contribution in [2.45, 2.75) is 13.8 Å². The summed E-state index contributed by atoms with van der Waals surface area (Å²) in [6.07, 6.45) is 0. The van der Waals surface area contributed by atoms with Crippen molar-refractivity contribution in [2.75, 3.05) is 11.9 Å². The smallest absolute Gasteiger partial charge is 0.269 e. The minimum Gasteiger partial charge on any atom is -0.493 e. The van der Waals surface area contributed by atoms with E-state index in [0.29, 0.717) is 18.3 Å². The lowest BCUT2D eigenvalue weighted by atomic mass is 10.2. The Hall–Kier alpha value is -1.10. The molecule has 4 nitrogen and oxygen atoms in total. The Morgan fingerprint density at radius 3 is 2.75 bits per heavy atom. The minimum absolute atomic E-state index is 0.0957. The van der Waals surface area contributed by atoms with Crippen molar-refractivity contribution in [3.8, 4) is 5.75 Å². The molecule has 0 fully saturated rings. The van der Waals surface area contributed by atoms with Crippen LogP contribution in [0.4, 0.5) is 5.69 Å². The maximum absolute atomic E-state index is 10.5. The fourth-order valence-corrected chi connectivity index (χ4v) is 1.37. The fraction of sp³-hybridized carbons (Fsp3) is 0.455. The van der Waals surface area contributed by atoms with Gasteiger partial charge in [0.05, 0.1) is 11.5 Å². The average molecular weight is 288 g/mol. The van der Waals surface area contributed by atoms with Crippen molar-refractivity contribution in [1.29, 1.82) is 0 Å². The van der Waals surface area contributed by atoms with E-state index < -0.39 is 4.92 Å². The zero-order valence-electron chi connectivity index (χ0n) is 9.27. The number of ether oxygens (including phenoxy) is 1. The van der Waals surface area contributed by atoms with Crippen LogP contribution in [0.1, 0.15) is 12.5 Å². The highest BCUT2D eigenvalue weighted by molar-refractivity contribution is 9.09. The first-order valence-corrected chi connectivity index (χ1v) is 6.10. The molecule has 0 N–H and O–H groups in total. The molecular formula is C11H14BrNO3. The number of alkyl halides is 1. The second-order valence-corrected chi connectivity index (χ2v) is 4.42. The molecule has 0 spiro atoms. The molecule has 1 rings (SSSR count). The normalized spacial score (nSPS) is 12.2. The Kier molecular flexibility index (Phi) is 4.73. The van der Waals surface area contributed by atoms with E-state index in [0.717, 1.165) is 10.9 Å². The average Bonchev–Trinajstić information content (AvgIpc) is 2.26. The molecule has 1 unspecified atom stereocenters. The van der Waals surface area contributed by atoms with Crippen LogP contribution in [0.3, 0.4) is 0 Å². The number of halogens is 1. The highest BCUT2D eigenvalue weighted by Crippen LogP contribution is 2.23. The number of rotatable bonds is 5. The van der Waals surface area contributed by atoms with E-state index in [1.807, 2.05) is 0 Å². The molecule has 0 saturated carbocycles. The second-order valence-electron chi connectivity index (χ2n) is 3.78. The summed E-state index contributed by atoms with van der Waals surface area (Å²) < 4.78 is 5.57. The van der Waals surface area contributed by atoms with Crippen molar-refractivity contribution in [2.24, 2.45) is 5.92 Å². The van der Waals surface area contributed by atoms with Gasteiger partial charge in [0.15, 0.2) is 0 Å². The van der Waals surface area contributed by atoms with Crippen LogP contribution in [-0.2, 0) is 0 Å². The Labute approximate surface area is 103 Å². The Balaban J connectivity index is 2.72. The van der Waals surface area contributed by atoms with Crippen LogP contribution in [0.2, 0.25) is 0 Å². The standard InChI is InChI=1S/C11H14BrNO3/c1-8(6-12)7-16-11-4-3-10(13(14)15)5-9(11)2/h3-5,8H,6-7H2,1-2H3. The van der Waals surface area contributed by atoms with Crippen molar-refractivity contribution < 1.29 is 9.66 Å². The Morgan fingerprint density at radius 1 is 1.56 bits per heavy atom. The molecule has 0 amide bonds. The molecule has 0 aromatic heterocycles. The monoisotopic (exact) mass is 287 g/mol. The van der Waals surface area contributed by atoms with Gasteiger partial charge in [-0.15, -0.1) is 0 Å². The van der Waals surface area contributed by atoms with Gasteiger partial charge >= 0.3 is 0 Å². The Morgan fingerprint density at radius 2 is 2.25 bits per heavy atom. The van der Waals surface area contributed by atoms with E-state index in [-0.39, 0.29) is 5.69 Å². The minimum atomic E-state index is -0.405. The molecule has 0 heterocycles. The van der Waals surface area contributed by atoms with Gasteiger partial charge in [-0.3, -0.25) is 10.1 Å². The van der Waals surface area contributed by atoms with Crippen LogP contribution in [0.25, 0.3) is 0 Å². The van der Waals surface area contributed by atoms with Crippen molar-refractivity contribution >= 4 is 21.6 Å². The lowest BCUT2D eigenvalue weighted by Crippen LogP contribution is -2.10. The molecule has 1 atom stereocenters. The predicted octanol–water partition coefficient (Wildman–Crippen LogP) is 3.31. The van der Waals surface area contributed by atoms with E-state index in [4.69, 9.17) is 4.74 Å². The van der Waals surface area contributed by atoms with Gasteiger partial charge in [-0.1, -0.05) is 22.9 Å². The highest BCUT2D eigenvalue weighted by Gasteiger charge is 2.09. The number of aryl methyl sites for hydroxylation is 1. The van der Waals surface area contributed by atoms with Gasteiger partial charge in [0.25, 0.3) is 5.69 Å². The van der Waals surface area contributed by atoms with Gasteiger partial charge < -0.3 is 4.74 Å². The van der Waals surface area contributed by atoms with Gasteiger partial charge in [0.1, 0.15) is 5.75 Å². The van der Waals surface area contributed by atoms with Crippen molar-refractivity contribution in [1.82, 2.24) is 0 Å². The third-order valence-electron chi connectivity index (χ3n) is 2.16. The number of nitro groups is 1. The molecule has 16 heavy (non-hydrogen) atoms. The molecule has 0 aliphatic rings. The van der Waals surface area contributed by atoms with Crippen LogP contribution in [0.5, 0.6) is 5.75 Å². The summed E-state index contributed by atoms with van der Waals surface area (Å²) in [5, 5.41) is 11.4. The number of benzene rings is 1.